The topological polar surface area (TPSA) is 92.1 Å². The van der Waals surface area contributed by atoms with Gasteiger partial charge in [-0.1, -0.05) is 0 Å². The number of rotatable bonds is 9. The average molecular weight is 577 g/mol. The minimum atomic E-state index is -2.88. The molecule has 4 aromatic rings. The van der Waals surface area contributed by atoms with Gasteiger partial charge in [0.15, 0.2) is 11.5 Å². The Labute approximate surface area is 243 Å². The van der Waals surface area contributed by atoms with Gasteiger partial charge in [0.2, 0.25) is 5.91 Å². The van der Waals surface area contributed by atoms with Crippen molar-refractivity contribution in [2.24, 2.45) is 5.92 Å². The van der Waals surface area contributed by atoms with E-state index in [4.69, 9.17) is 0 Å². The first-order valence-corrected chi connectivity index (χ1v) is 14.0. The Hall–Kier alpha value is -4.54. The number of benzene rings is 2. The molecule has 1 aliphatic heterocycles. The Morgan fingerprint density at radius 3 is 2.52 bits per heavy atom. The number of ether oxygens (including phenoxy) is 1. The van der Waals surface area contributed by atoms with Crippen molar-refractivity contribution in [3.63, 3.8) is 0 Å². The summed E-state index contributed by atoms with van der Waals surface area (Å²) in [7, 11) is 1.83. The zero-order chi connectivity index (χ0) is 29.8. The number of hydrogen-bond donors (Lipinski definition) is 1. The SMILES string of the molecule is CC(=O)N1CCC(CCN(C)C(=O)c2ccc(Nc3nccn4c(-c5ccc(OC(F)F)cc5)cnc34)cc2C)CC1. The normalized spacial score (nSPS) is 13.9. The van der Waals surface area contributed by atoms with Gasteiger partial charge < -0.3 is 19.9 Å². The Morgan fingerprint density at radius 1 is 1.12 bits per heavy atom. The van der Waals surface area contributed by atoms with Crippen LogP contribution in [0.1, 0.15) is 42.1 Å². The molecule has 1 aliphatic rings. The molecule has 2 amide bonds. The summed E-state index contributed by atoms with van der Waals surface area (Å²) < 4.78 is 31.3. The Morgan fingerprint density at radius 2 is 1.86 bits per heavy atom. The highest BCUT2D eigenvalue weighted by molar-refractivity contribution is 5.96. The van der Waals surface area contributed by atoms with Crippen LogP contribution in [0.5, 0.6) is 5.75 Å². The van der Waals surface area contributed by atoms with Crippen molar-refractivity contribution in [1.82, 2.24) is 24.2 Å². The number of aromatic nitrogens is 3. The van der Waals surface area contributed by atoms with E-state index in [-0.39, 0.29) is 17.6 Å². The predicted molar refractivity (Wildman–Crippen MR) is 156 cm³/mol. The Balaban J connectivity index is 1.24. The molecule has 2 aromatic heterocycles. The zero-order valence-electron chi connectivity index (χ0n) is 23.9. The van der Waals surface area contributed by atoms with Crippen LogP contribution in [-0.4, -0.2) is 69.3 Å². The minimum absolute atomic E-state index is 0.0247. The van der Waals surface area contributed by atoms with Gasteiger partial charge in [-0.15, -0.1) is 0 Å². The maximum atomic E-state index is 13.2. The van der Waals surface area contributed by atoms with Gasteiger partial charge in [0.25, 0.3) is 5.91 Å². The van der Waals surface area contributed by atoms with E-state index in [1.807, 2.05) is 41.5 Å². The number of halogens is 2. The number of fused-ring (bicyclic) bond motifs is 1. The third-order valence-electron chi connectivity index (χ3n) is 7.80. The van der Waals surface area contributed by atoms with E-state index in [0.717, 1.165) is 54.9 Å². The molecule has 0 unspecified atom stereocenters. The molecule has 0 atom stereocenters. The minimum Gasteiger partial charge on any atom is -0.435 e. The van der Waals surface area contributed by atoms with Crippen molar-refractivity contribution in [3.05, 3.63) is 72.2 Å². The van der Waals surface area contributed by atoms with Crippen molar-refractivity contribution in [3.8, 4) is 17.0 Å². The number of anilines is 2. The van der Waals surface area contributed by atoms with Crippen LogP contribution in [0.25, 0.3) is 16.9 Å². The van der Waals surface area contributed by atoms with Crippen LogP contribution in [0.3, 0.4) is 0 Å². The summed E-state index contributed by atoms with van der Waals surface area (Å²) in [6, 6.07) is 12.0. The molecule has 2 aromatic carbocycles. The zero-order valence-corrected chi connectivity index (χ0v) is 23.9. The van der Waals surface area contributed by atoms with Crippen LogP contribution < -0.4 is 10.1 Å². The number of amides is 2. The molecule has 0 bridgehead atoms. The number of hydrogen-bond acceptors (Lipinski definition) is 6. The van der Waals surface area contributed by atoms with E-state index in [1.54, 1.807) is 42.5 Å². The fourth-order valence-electron chi connectivity index (χ4n) is 5.37. The summed E-state index contributed by atoms with van der Waals surface area (Å²) in [6.45, 7) is 2.89. The molecule has 0 saturated carbocycles. The van der Waals surface area contributed by atoms with Gasteiger partial charge in [-0.25, -0.2) is 9.97 Å². The van der Waals surface area contributed by atoms with Crippen molar-refractivity contribution in [2.75, 3.05) is 32.0 Å². The standard InChI is InChI=1S/C31H34F2N6O3/c1-20-18-24(6-9-26(20)30(41)37(3)14-10-22-11-15-38(16-12-22)21(2)40)36-28-29-35-19-27(39(29)17-13-34-28)23-4-7-25(8-5-23)42-31(32)33/h4-9,13,17-19,22,31H,10-12,14-16H2,1-3H3,(H,34,36). The molecule has 220 valence electrons. The average Bonchev–Trinajstić information content (AvgIpc) is 3.41. The van der Waals surface area contributed by atoms with Gasteiger partial charge >= 0.3 is 6.61 Å². The van der Waals surface area contributed by atoms with Crippen molar-refractivity contribution in [1.29, 1.82) is 0 Å². The lowest BCUT2D eigenvalue weighted by atomic mass is 9.93. The molecule has 0 aliphatic carbocycles. The smallest absolute Gasteiger partial charge is 0.387 e. The van der Waals surface area contributed by atoms with Gasteiger partial charge in [0.1, 0.15) is 5.75 Å². The first kappa shape index (κ1) is 29.0. The molecule has 1 saturated heterocycles. The number of likely N-dealkylation sites (tertiary alicyclic amines) is 1. The number of alkyl halides is 2. The third kappa shape index (κ3) is 6.50. The summed E-state index contributed by atoms with van der Waals surface area (Å²) in [5.74, 6) is 1.24. The van der Waals surface area contributed by atoms with Crippen LogP contribution >= 0.6 is 0 Å². The predicted octanol–water partition coefficient (Wildman–Crippen LogP) is 5.77. The molecule has 0 radical (unpaired) electrons. The fraction of sp³-hybridized carbons (Fsp3) is 0.355. The fourth-order valence-corrected chi connectivity index (χ4v) is 5.37. The first-order valence-electron chi connectivity index (χ1n) is 14.0. The number of carbonyl (C=O) groups is 2. The van der Waals surface area contributed by atoms with Crippen LogP contribution in [0.2, 0.25) is 0 Å². The van der Waals surface area contributed by atoms with E-state index in [1.165, 1.54) is 12.1 Å². The quantitative estimate of drug-likeness (QED) is 0.272. The largest absolute Gasteiger partial charge is 0.435 e. The van der Waals surface area contributed by atoms with E-state index in [9.17, 15) is 18.4 Å². The summed E-state index contributed by atoms with van der Waals surface area (Å²) in [5, 5.41) is 3.31. The first-order chi connectivity index (χ1) is 20.2. The van der Waals surface area contributed by atoms with Crippen molar-refractivity contribution < 1.29 is 23.1 Å². The van der Waals surface area contributed by atoms with Gasteiger partial charge in [0, 0.05) is 62.8 Å². The molecule has 1 N–H and O–H groups in total. The van der Waals surface area contributed by atoms with Gasteiger partial charge in [-0.05, 0) is 80.1 Å². The molecule has 9 nitrogen and oxygen atoms in total. The maximum Gasteiger partial charge on any atom is 0.387 e. The number of nitrogens with zero attached hydrogens (tertiary/aromatic N) is 5. The molecule has 3 heterocycles. The van der Waals surface area contributed by atoms with Crippen molar-refractivity contribution in [2.45, 2.75) is 39.7 Å². The highest BCUT2D eigenvalue weighted by Crippen LogP contribution is 2.28. The summed E-state index contributed by atoms with van der Waals surface area (Å²) in [6.07, 6.45) is 7.99. The Kier molecular flexibility index (Phi) is 8.65. The van der Waals surface area contributed by atoms with Crippen LogP contribution in [0.15, 0.2) is 61.1 Å². The molecule has 5 rings (SSSR count). The summed E-state index contributed by atoms with van der Waals surface area (Å²) >= 11 is 0. The monoisotopic (exact) mass is 576 g/mol. The number of nitrogens with one attached hydrogen (secondary N) is 1. The van der Waals surface area contributed by atoms with Gasteiger partial charge in [-0.2, -0.15) is 8.78 Å². The molecule has 11 heteroatoms. The van der Waals surface area contributed by atoms with E-state index >= 15 is 0 Å². The molecule has 1 fully saturated rings. The number of piperidine rings is 1. The summed E-state index contributed by atoms with van der Waals surface area (Å²) in [4.78, 5) is 37.4. The second kappa shape index (κ2) is 12.5. The third-order valence-corrected chi connectivity index (χ3v) is 7.80. The number of aryl methyl sites for hydroxylation is 1. The van der Waals surface area contributed by atoms with E-state index in [0.29, 0.717) is 29.5 Å². The highest BCUT2D eigenvalue weighted by Gasteiger charge is 2.22. The lowest BCUT2D eigenvalue weighted by Gasteiger charge is -2.32. The maximum absolute atomic E-state index is 13.2. The lowest BCUT2D eigenvalue weighted by Crippen LogP contribution is -2.38. The highest BCUT2D eigenvalue weighted by atomic mass is 19.3. The van der Waals surface area contributed by atoms with Crippen molar-refractivity contribution >= 4 is 29.0 Å². The second-order valence-electron chi connectivity index (χ2n) is 10.6. The Bertz CT molecular complexity index is 1560. The van der Waals surface area contributed by atoms with E-state index in [2.05, 4.69) is 20.0 Å². The van der Waals surface area contributed by atoms with E-state index < -0.39 is 6.61 Å². The lowest BCUT2D eigenvalue weighted by molar-refractivity contribution is -0.130. The number of imidazole rings is 1. The molecular formula is C31H34F2N6O3. The second-order valence-corrected chi connectivity index (χ2v) is 10.6. The number of carbonyl (C=O) groups excluding carboxylic acids is 2. The van der Waals surface area contributed by atoms with Crippen LogP contribution in [0.4, 0.5) is 20.3 Å². The molecule has 42 heavy (non-hydrogen) atoms. The summed E-state index contributed by atoms with van der Waals surface area (Å²) in [5.41, 5.74) is 4.39. The molecular weight excluding hydrogens is 542 g/mol. The van der Waals surface area contributed by atoms with Gasteiger partial charge in [0.05, 0.1) is 11.9 Å². The molecule has 0 spiro atoms. The van der Waals surface area contributed by atoms with Gasteiger partial charge in [-0.3, -0.25) is 14.0 Å². The van der Waals surface area contributed by atoms with Crippen LogP contribution in [-0.2, 0) is 4.79 Å². The van der Waals surface area contributed by atoms with Crippen LogP contribution in [0, 0.1) is 12.8 Å².